The maximum atomic E-state index is 14.2. The molecule has 1 aromatic heterocycles. The molecule has 0 aliphatic carbocycles. The maximum absolute atomic E-state index is 14.2. The van der Waals surface area contributed by atoms with Crippen molar-refractivity contribution in [3.05, 3.63) is 125 Å². The molecule has 4 aromatic rings. The van der Waals surface area contributed by atoms with Crippen LogP contribution in [-0.2, 0) is 16.1 Å². The third-order valence-electron chi connectivity index (χ3n) is 6.55. The first kappa shape index (κ1) is 28.3. The lowest BCUT2D eigenvalue weighted by Gasteiger charge is -2.24. The number of benzene rings is 3. The minimum atomic E-state index is -0.724. The molecule has 41 heavy (non-hydrogen) atoms. The zero-order valence-corrected chi connectivity index (χ0v) is 24.1. The van der Waals surface area contributed by atoms with E-state index in [9.17, 15) is 14.0 Å². The number of nitrogens with zero attached hydrogens (tertiary/aromatic N) is 2. The van der Waals surface area contributed by atoms with Gasteiger partial charge in [0.2, 0.25) is 0 Å². The molecular weight excluding hydrogens is 567 g/mol. The van der Waals surface area contributed by atoms with Crippen molar-refractivity contribution in [3.8, 4) is 11.5 Å². The Morgan fingerprint density at radius 2 is 1.88 bits per heavy atom. The van der Waals surface area contributed by atoms with Crippen LogP contribution in [0, 0.1) is 5.82 Å². The van der Waals surface area contributed by atoms with Crippen LogP contribution >= 0.6 is 22.9 Å². The van der Waals surface area contributed by atoms with Gasteiger partial charge in [0.15, 0.2) is 4.80 Å². The normalized spacial score (nSPS) is 14.9. The quantitative estimate of drug-likeness (QED) is 0.264. The Bertz CT molecular complexity index is 1810. The van der Waals surface area contributed by atoms with Gasteiger partial charge in [-0.15, -0.1) is 0 Å². The number of esters is 1. The van der Waals surface area contributed by atoms with E-state index < -0.39 is 17.8 Å². The van der Waals surface area contributed by atoms with E-state index in [1.54, 1.807) is 63.4 Å². The summed E-state index contributed by atoms with van der Waals surface area (Å²) in [4.78, 5) is 31.9. The van der Waals surface area contributed by atoms with Crippen molar-refractivity contribution in [3.63, 3.8) is 0 Å². The molecule has 0 N–H and O–H groups in total. The van der Waals surface area contributed by atoms with Crippen molar-refractivity contribution >= 4 is 35.0 Å². The molecule has 5 rings (SSSR count). The van der Waals surface area contributed by atoms with Gasteiger partial charge in [0.25, 0.3) is 5.56 Å². The number of hydrogen-bond donors (Lipinski definition) is 0. The summed E-state index contributed by atoms with van der Waals surface area (Å²) in [6, 6.07) is 18.1. The molecule has 0 saturated heterocycles. The number of methoxy groups -OCH3 is 1. The van der Waals surface area contributed by atoms with Gasteiger partial charge in [-0.25, -0.2) is 14.2 Å². The number of hydrogen-bond acceptors (Lipinski definition) is 7. The Morgan fingerprint density at radius 1 is 1.12 bits per heavy atom. The molecule has 1 aliphatic heterocycles. The second-order valence-electron chi connectivity index (χ2n) is 9.14. The van der Waals surface area contributed by atoms with Crippen molar-refractivity contribution in [1.29, 1.82) is 0 Å². The van der Waals surface area contributed by atoms with Crippen LogP contribution < -0.4 is 24.4 Å². The summed E-state index contributed by atoms with van der Waals surface area (Å²) in [5.74, 6) is 0.170. The standard InChI is InChI=1S/C31H26ClFN2O5S/c1-4-39-30(37)27-18(2)34-31-35(28(27)20-11-13-21(38-3)14-12-20)29(36)26(41-31)16-19-7-5-8-22(15-19)40-17-23-24(32)9-6-10-25(23)33/h5-16,28H,4,17H2,1-3H3/b26-16-. The molecule has 0 fully saturated rings. The van der Waals surface area contributed by atoms with Crippen LogP contribution in [0.15, 0.2) is 87.8 Å². The number of rotatable bonds is 8. The van der Waals surface area contributed by atoms with E-state index in [1.165, 1.54) is 28.0 Å². The predicted molar refractivity (Wildman–Crippen MR) is 156 cm³/mol. The molecule has 1 unspecified atom stereocenters. The molecule has 3 aromatic carbocycles. The molecule has 7 nitrogen and oxygen atoms in total. The predicted octanol–water partition coefficient (Wildman–Crippen LogP) is 5.18. The van der Waals surface area contributed by atoms with Crippen LogP contribution in [0.5, 0.6) is 11.5 Å². The summed E-state index contributed by atoms with van der Waals surface area (Å²) < 4.78 is 32.5. The zero-order valence-electron chi connectivity index (χ0n) is 22.5. The largest absolute Gasteiger partial charge is 0.497 e. The van der Waals surface area contributed by atoms with Gasteiger partial charge in [0, 0.05) is 5.56 Å². The summed E-state index contributed by atoms with van der Waals surface area (Å²) in [5, 5.41) is 0.283. The Kier molecular flexibility index (Phi) is 8.37. The molecule has 210 valence electrons. The highest BCUT2D eigenvalue weighted by molar-refractivity contribution is 7.07. The molecule has 2 heterocycles. The lowest BCUT2D eigenvalue weighted by molar-refractivity contribution is -0.139. The minimum Gasteiger partial charge on any atom is -0.497 e. The third kappa shape index (κ3) is 5.82. The summed E-state index contributed by atoms with van der Waals surface area (Å²) in [5.41, 5.74) is 2.18. The fourth-order valence-corrected chi connectivity index (χ4v) is 5.83. The van der Waals surface area contributed by atoms with Gasteiger partial charge in [0.1, 0.15) is 23.9 Å². The fraction of sp³-hybridized carbons (Fsp3) is 0.194. The lowest BCUT2D eigenvalue weighted by atomic mass is 9.96. The van der Waals surface area contributed by atoms with Crippen molar-refractivity contribution < 1.29 is 23.4 Å². The molecular formula is C31H26ClFN2O5S. The molecule has 0 saturated carbocycles. The number of halogens is 2. The molecule has 10 heteroatoms. The molecule has 1 atom stereocenters. The monoisotopic (exact) mass is 592 g/mol. The van der Waals surface area contributed by atoms with Crippen LogP contribution in [0.2, 0.25) is 5.02 Å². The average Bonchev–Trinajstić information content (AvgIpc) is 3.26. The Morgan fingerprint density at radius 3 is 2.59 bits per heavy atom. The second-order valence-corrected chi connectivity index (χ2v) is 10.6. The van der Waals surface area contributed by atoms with E-state index in [-0.39, 0.29) is 29.4 Å². The Balaban J connectivity index is 1.54. The van der Waals surface area contributed by atoms with Gasteiger partial charge in [-0.05, 0) is 67.4 Å². The first-order valence-corrected chi connectivity index (χ1v) is 14.0. The highest BCUT2D eigenvalue weighted by Gasteiger charge is 2.33. The number of thiazole rings is 1. The van der Waals surface area contributed by atoms with Crippen LogP contribution in [0.1, 0.15) is 36.6 Å². The minimum absolute atomic E-state index is 0.0467. The highest BCUT2D eigenvalue weighted by Crippen LogP contribution is 2.31. The Hall–Kier alpha value is -4.21. The van der Waals surface area contributed by atoms with Crippen LogP contribution in [0.3, 0.4) is 0 Å². The average molecular weight is 593 g/mol. The number of ether oxygens (including phenoxy) is 3. The second kappa shape index (κ2) is 12.1. The number of aromatic nitrogens is 1. The van der Waals surface area contributed by atoms with Crippen LogP contribution in [-0.4, -0.2) is 24.3 Å². The molecule has 0 radical (unpaired) electrons. The van der Waals surface area contributed by atoms with Gasteiger partial charge in [0.05, 0.1) is 40.6 Å². The van der Waals surface area contributed by atoms with Gasteiger partial charge < -0.3 is 14.2 Å². The van der Waals surface area contributed by atoms with E-state index in [0.717, 1.165) is 5.56 Å². The van der Waals surface area contributed by atoms with Gasteiger partial charge >= 0.3 is 5.97 Å². The van der Waals surface area contributed by atoms with Crippen molar-refractivity contribution in [1.82, 2.24) is 4.57 Å². The van der Waals surface area contributed by atoms with Crippen LogP contribution in [0.25, 0.3) is 6.08 Å². The summed E-state index contributed by atoms with van der Waals surface area (Å²) >= 11 is 7.34. The lowest BCUT2D eigenvalue weighted by Crippen LogP contribution is -2.39. The summed E-state index contributed by atoms with van der Waals surface area (Å²) in [7, 11) is 1.57. The maximum Gasteiger partial charge on any atom is 0.338 e. The number of carbonyl (C=O) groups is 1. The topological polar surface area (TPSA) is 79.1 Å². The van der Waals surface area contributed by atoms with Gasteiger partial charge in [-0.1, -0.05) is 53.3 Å². The van der Waals surface area contributed by atoms with E-state index in [0.29, 0.717) is 37.7 Å². The molecule has 0 amide bonds. The third-order valence-corrected chi connectivity index (χ3v) is 7.89. The van der Waals surface area contributed by atoms with E-state index in [2.05, 4.69) is 4.99 Å². The molecule has 0 bridgehead atoms. The van der Waals surface area contributed by atoms with E-state index in [4.69, 9.17) is 25.8 Å². The molecule has 0 spiro atoms. The Labute approximate surface area is 244 Å². The summed E-state index contributed by atoms with van der Waals surface area (Å²) in [6.07, 6.45) is 1.74. The van der Waals surface area contributed by atoms with Gasteiger partial charge in [-0.2, -0.15) is 0 Å². The number of carbonyl (C=O) groups excluding carboxylic acids is 1. The van der Waals surface area contributed by atoms with Crippen LogP contribution in [0.4, 0.5) is 4.39 Å². The van der Waals surface area contributed by atoms with Crippen molar-refractivity contribution in [2.24, 2.45) is 4.99 Å². The van der Waals surface area contributed by atoms with E-state index in [1.807, 2.05) is 18.2 Å². The SMILES string of the molecule is CCOC(=O)C1=C(C)N=c2s/c(=C\c3cccc(OCc4c(F)cccc4Cl)c3)c(=O)n2C1c1ccc(OC)cc1. The number of allylic oxidation sites excluding steroid dienone is 1. The number of fused-ring (bicyclic) bond motifs is 1. The highest BCUT2D eigenvalue weighted by atomic mass is 35.5. The first-order chi connectivity index (χ1) is 19.8. The van der Waals surface area contributed by atoms with E-state index >= 15 is 0 Å². The molecule has 1 aliphatic rings. The zero-order chi connectivity index (χ0) is 29.1. The fourth-order valence-electron chi connectivity index (χ4n) is 4.56. The summed E-state index contributed by atoms with van der Waals surface area (Å²) in [6.45, 7) is 3.61. The van der Waals surface area contributed by atoms with Crippen molar-refractivity contribution in [2.45, 2.75) is 26.5 Å². The van der Waals surface area contributed by atoms with Gasteiger partial charge in [-0.3, -0.25) is 9.36 Å². The smallest absolute Gasteiger partial charge is 0.338 e. The van der Waals surface area contributed by atoms with Crippen molar-refractivity contribution in [2.75, 3.05) is 13.7 Å². The first-order valence-electron chi connectivity index (χ1n) is 12.8.